The Morgan fingerprint density at radius 3 is 2.58 bits per heavy atom. The minimum absolute atomic E-state index is 0.246. The molecule has 0 spiro atoms. The van der Waals surface area contributed by atoms with Crippen LogP contribution in [0.15, 0.2) is 36.4 Å². The van der Waals surface area contributed by atoms with Crippen LogP contribution in [0.25, 0.3) is 10.8 Å². The van der Waals surface area contributed by atoms with Gasteiger partial charge < -0.3 is 9.84 Å². The summed E-state index contributed by atoms with van der Waals surface area (Å²) in [5, 5.41) is 12.2. The molecule has 2 aromatic rings. The number of ether oxygens (including phenoxy) is 1. The van der Waals surface area contributed by atoms with Crippen molar-refractivity contribution in [2.45, 2.75) is 38.7 Å². The Morgan fingerprint density at radius 2 is 1.84 bits per heavy atom. The predicted molar refractivity (Wildman–Crippen MR) is 77.7 cm³/mol. The van der Waals surface area contributed by atoms with Crippen LogP contribution in [-0.4, -0.2) is 11.2 Å². The summed E-state index contributed by atoms with van der Waals surface area (Å²) in [6, 6.07) is 11.8. The SMILES string of the molecule is CC1CCCC(Oc2cc3ccccc3cc2O)C1. The first-order valence-electron chi connectivity index (χ1n) is 7.11. The van der Waals surface area contributed by atoms with Crippen molar-refractivity contribution >= 4 is 10.8 Å². The van der Waals surface area contributed by atoms with Gasteiger partial charge in [-0.2, -0.15) is 0 Å². The van der Waals surface area contributed by atoms with Crippen LogP contribution in [0.1, 0.15) is 32.6 Å². The van der Waals surface area contributed by atoms with E-state index in [1.54, 1.807) is 6.07 Å². The van der Waals surface area contributed by atoms with Gasteiger partial charge in [-0.1, -0.05) is 37.6 Å². The number of benzene rings is 2. The third-order valence-electron chi connectivity index (χ3n) is 4.01. The van der Waals surface area contributed by atoms with Crippen molar-refractivity contribution in [3.05, 3.63) is 36.4 Å². The highest BCUT2D eigenvalue weighted by Crippen LogP contribution is 2.35. The summed E-state index contributed by atoms with van der Waals surface area (Å²) < 4.78 is 6.01. The minimum Gasteiger partial charge on any atom is -0.504 e. The number of hydrogen-bond donors (Lipinski definition) is 1. The number of hydrogen-bond acceptors (Lipinski definition) is 2. The second-order valence-corrected chi connectivity index (χ2v) is 5.68. The molecule has 1 fully saturated rings. The van der Waals surface area contributed by atoms with Gasteiger partial charge in [0.05, 0.1) is 6.10 Å². The molecule has 2 aromatic carbocycles. The van der Waals surface area contributed by atoms with Gasteiger partial charge in [0.25, 0.3) is 0 Å². The lowest BCUT2D eigenvalue weighted by atomic mass is 9.89. The van der Waals surface area contributed by atoms with E-state index in [9.17, 15) is 5.11 Å². The first kappa shape index (κ1) is 12.3. The maximum absolute atomic E-state index is 10.1. The fraction of sp³-hybridized carbons (Fsp3) is 0.412. The van der Waals surface area contributed by atoms with E-state index < -0.39 is 0 Å². The molecule has 0 heterocycles. The molecule has 0 amide bonds. The number of aromatic hydroxyl groups is 1. The first-order valence-corrected chi connectivity index (χ1v) is 7.11. The van der Waals surface area contributed by atoms with Crippen LogP contribution >= 0.6 is 0 Å². The van der Waals surface area contributed by atoms with Gasteiger partial charge in [-0.15, -0.1) is 0 Å². The Hall–Kier alpha value is -1.70. The van der Waals surface area contributed by atoms with E-state index in [1.165, 1.54) is 12.8 Å². The van der Waals surface area contributed by atoms with Crippen molar-refractivity contribution in [2.75, 3.05) is 0 Å². The molecule has 2 heteroatoms. The predicted octanol–water partition coefficient (Wildman–Crippen LogP) is 4.50. The van der Waals surface area contributed by atoms with Crippen molar-refractivity contribution < 1.29 is 9.84 Å². The first-order chi connectivity index (χ1) is 9.22. The minimum atomic E-state index is 0.246. The van der Waals surface area contributed by atoms with Crippen molar-refractivity contribution in [2.24, 2.45) is 5.92 Å². The lowest BCUT2D eigenvalue weighted by Gasteiger charge is -2.27. The maximum Gasteiger partial charge on any atom is 0.161 e. The van der Waals surface area contributed by atoms with Gasteiger partial charge in [-0.25, -0.2) is 0 Å². The largest absolute Gasteiger partial charge is 0.504 e. The standard InChI is InChI=1S/C17H20O2/c1-12-5-4-8-15(9-12)19-17-11-14-7-3-2-6-13(14)10-16(17)18/h2-3,6-7,10-12,15,18H,4-5,8-9H2,1H3. The molecular weight excluding hydrogens is 236 g/mol. The van der Waals surface area contributed by atoms with Crippen molar-refractivity contribution in [3.63, 3.8) is 0 Å². The second kappa shape index (κ2) is 5.12. The summed E-state index contributed by atoms with van der Waals surface area (Å²) in [7, 11) is 0. The van der Waals surface area contributed by atoms with Crippen LogP contribution in [0.4, 0.5) is 0 Å². The lowest BCUT2D eigenvalue weighted by molar-refractivity contribution is 0.125. The molecule has 0 bridgehead atoms. The molecule has 0 saturated heterocycles. The van der Waals surface area contributed by atoms with E-state index in [0.29, 0.717) is 5.75 Å². The van der Waals surface area contributed by atoms with Gasteiger partial charge >= 0.3 is 0 Å². The van der Waals surface area contributed by atoms with E-state index in [1.807, 2.05) is 30.3 Å². The zero-order valence-corrected chi connectivity index (χ0v) is 11.3. The average molecular weight is 256 g/mol. The maximum atomic E-state index is 10.1. The van der Waals surface area contributed by atoms with Gasteiger partial charge in [0.15, 0.2) is 11.5 Å². The van der Waals surface area contributed by atoms with E-state index in [4.69, 9.17) is 4.74 Å². The summed E-state index contributed by atoms with van der Waals surface area (Å²) in [5.41, 5.74) is 0. The van der Waals surface area contributed by atoms with Crippen LogP contribution in [0, 0.1) is 5.92 Å². The fourth-order valence-electron chi connectivity index (χ4n) is 2.97. The fourth-order valence-corrected chi connectivity index (χ4v) is 2.97. The highest BCUT2D eigenvalue weighted by Gasteiger charge is 2.21. The Bertz CT molecular complexity index is 576. The third kappa shape index (κ3) is 2.67. The van der Waals surface area contributed by atoms with Gasteiger partial charge in [0, 0.05) is 0 Å². The highest BCUT2D eigenvalue weighted by molar-refractivity contribution is 5.85. The topological polar surface area (TPSA) is 29.5 Å². The number of rotatable bonds is 2. The molecule has 100 valence electrons. The Kier molecular flexibility index (Phi) is 3.33. The van der Waals surface area contributed by atoms with Crippen LogP contribution < -0.4 is 4.74 Å². The molecule has 0 aromatic heterocycles. The van der Waals surface area contributed by atoms with Crippen LogP contribution in [-0.2, 0) is 0 Å². The van der Waals surface area contributed by atoms with E-state index in [-0.39, 0.29) is 11.9 Å². The Balaban J connectivity index is 1.85. The summed E-state index contributed by atoms with van der Waals surface area (Å²) >= 11 is 0. The number of phenolic OH excluding ortho intramolecular Hbond substituents is 1. The summed E-state index contributed by atoms with van der Waals surface area (Å²) in [4.78, 5) is 0. The lowest BCUT2D eigenvalue weighted by Crippen LogP contribution is -2.24. The molecule has 0 aliphatic heterocycles. The number of phenols is 1. The Labute approximate surface area is 114 Å². The quantitative estimate of drug-likeness (QED) is 0.857. The second-order valence-electron chi connectivity index (χ2n) is 5.68. The molecule has 1 saturated carbocycles. The summed E-state index contributed by atoms with van der Waals surface area (Å²) in [6.45, 7) is 2.27. The normalized spacial score (nSPS) is 23.4. The van der Waals surface area contributed by atoms with Gasteiger partial charge in [-0.3, -0.25) is 0 Å². The summed E-state index contributed by atoms with van der Waals surface area (Å²) in [6.07, 6.45) is 4.95. The summed E-state index contributed by atoms with van der Waals surface area (Å²) in [5.74, 6) is 1.59. The average Bonchev–Trinajstić information content (AvgIpc) is 2.40. The zero-order valence-electron chi connectivity index (χ0n) is 11.3. The monoisotopic (exact) mass is 256 g/mol. The smallest absolute Gasteiger partial charge is 0.161 e. The highest BCUT2D eigenvalue weighted by atomic mass is 16.5. The molecule has 0 radical (unpaired) electrons. The van der Waals surface area contributed by atoms with Gasteiger partial charge in [-0.05, 0) is 48.1 Å². The molecule has 1 aliphatic carbocycles. The van der Waals surface area contributed by atoms with Crippen molar-refractivity contribution in [1.29, 1.82) is 0 Å². The molecule has 3 rings (SSSR count). The van der Waals surface area contributed by atoms with Crippen molar-refractivity contribution in [3.8, 4) is 11.5 Å². The van der Waals surface area contributed by atoms with Crippen LogP contribution in [0.2, 0.25) is 0 Å². The Morgan fingerprint density at radius 1 is 1.11 bits per heavy atom. The molecule has 19 heavy (non-hydrogen) atoms. The molecule has 1 N–H and O–H groups in total. The van der Waals surface area contributed by atoms with Gasteiger partial charge in [0.2, 0.25) is 0 Å². The van der Waals surface area contributed by atoms with Crippen LogP contribution in [0.3, 0.4) is 0 Å². The van der Waals surface area contributed by atoms with Gasteiger partial charge in [0.1, 0.15) is 0 Å². The van der Waals surface area contributed by atoms with E-state index >= 15 is 0 Å². The van der Waals surface area contributed by atoms with Crippen molar-refractivity contribution in [1.82, 2.24) is 0 Å². The van der Waals surface area contributed by atoms with Crippen LogP contribution in [0.5, 0.6) is 11.5 Å². The molecule has 2 atom stereocenters. The number of fused-ring (bicyclic) bond motifs is 1. The molecular formula is C17H20O2. The third-order valence-corrected chi connectivity index (χ3v) is 4.01. The zero-order chi connectivity index (χ0) is 13.2. The molecule has 1 aliphatic rings. The molecule has 2 nitrogen and oxygen atoms in total. The molecule has 2 unspecified atom stereocenters. The van der Waals surface area contributed by atoms with E-state index in [0.717, 1.165) is 29.5 Å². The van der Waals surface area contributed by atoms with E-state index in [2.05, 4.69) is 6.92 Å².